The minimum absolute atomic E-state index is 0.0527. The van der Waals surface area contributed by atoms with E-state index in [0.717, 1.165) is 18.9 Å². The zero-order valence-corrected chi connectivity index (χ0v) is 24.3. The van der Waals surface area contributed by atoms with E-state index < -0.39 is 20.2 Å². The lowest BCUT2D eigenvalue weighted by molar-refractivity contribution is 0.324. The molecule has 0 spiro atoms. The first kappa shape index (κ1) is 29.9. The van der Waals surface area contributed by atoms with Crippen LogP contribution in [0.4, 0.5) is 0 Å². The highest BCUT2D eigenvalue weighted by atomic mass is 32.2. The van der Waals surface area contributed by atoms with Crippen LogP contribution >= 0.6 is 0 Å². The fourth-order valence-electron chi connectivity index (χ4n) is 3.81. The Kier molecular flexibility index (Phi) is 9.52. The number of methoxy groups -OCH3 is 2. The second-order valence-electron chi connectivity index (χ2n) is 8.91. The lowest BCUT2D eigenvalue weighted by atomic mass is 9.96. The Labute approximate surface area is 230 Å². The van der Waals surface area contributed by atoms with E-state index in [1.165, 1.54) is 31.9 Å². The van der Waals surface area contributed by atoms with Gasteiger partial charge in [0.15, 0.2) is 11.5 Å². The van der Waals surface area contributed by atoms with Crippen molar-refractivity contribution < 1.29 is 39.4 Å². The maximum atomic E-state index is 12.3. The number of hydrogen-bond donors (Lipinski definition) is 0. The third-order valence-corrected chi connectivity index (χ3v) is 6.32. The summed E-state index contributed by atoms with van der Waals surface area (Å²) in [7, 11) is -4.81. The van der Waals surface area contributed by atoms with Crippen LogP contribution in [-0.2, 0) is 20.2 Å². The minimum Gasteiger partial charge on any atom is -0.496 e. The molecule has 0 bridgehead atoms. The highest BCUT2D eigenvalue weighted by molar-refractivity contribution is 7.86. The number of ether oxygens (including phenoxy) is 3. The van der Waals surface area contributed by atoms with Gasteiger partial charge in [-0.25, -0.2) is 0 Å². The lowest BCUT2D eigenvalue weighted by Gasteiger charge is -2.20. The Morgan fingerprint density at radius 3 is 1.82 bits per heavy atom. The fourth-order valence-corrected chi connectivity index (χ4v) is 4.73. The predicted molar refractivity (Wildman–Crippen MR) is 151 cm³/mol. The highest BCUT2D eigenvalue weighted by Gasteiger charge is 2.26. The average molecular weight is 577 g/mol. The Balaban J connectivity index is 2.11. The molecule has 0 aliphatic rings. The Bertz CT molecular complexity index is 1540. The molecule has 0 unspecified atom stereocenters. The molecule has 0 aromatic heterocycles. The molecule has 0 atom stereocenters. The van der Waals surface area contributed by atoms with Gasteiger partial charge in [-0.2, -0.15) is 16.8 Å². The highest BCUT2D eigenvalue weighted by Crippen LogP contribution is 2.51. The second kappa shape index (κ2) is 12.4. The molecule has 11 heteroatoms. The van der Waals surface area contributed by atoms with Gasteiger partial charge in [0.1, 0.15) is 17.2 Å². The Morgan fingerprint density at radius 2 is 1.31 bits per heavy atom. The summed E-state index contributed by atoms with van der Waals surface area (Å²) in [5.41, 5.74) is 3.24. The van der Waals surface area contributed by atoms with Crippen molar-refractivity contribution in [1.82, 2.24) is 0 Å². The first-order valence-electron chi connectivity index (χ1n) is 11.9. The Hall–Kier alpha value is -3.70. The third-order valence-electron chi connectivity index (χ3n) is 5.35. The molecular formula is C28H32O9S2. The molecule has 0 N–H and O–H groups in total. The third kappa shape index (κ3) is 8.39. The summed E-state index contributed by atoms with van der Waals surface area (Å²) >= 11 is 0. The second-order valence-corrected chi connectivity index (χ2v) is 12.1. The van der Waals surface area contributed by atoms with Crippen molar-refractivity contribution in [2.75, 3.05) is 33.3 Å². The van der Waals surface area contributed by atoms with Crippen molar-refractivity contribution in [2.45, 2.75) is 20.3 Å². The standard InChI is InChI=1S/C28H32O9S2/c1-19(2)8-7-17-35-22-13-11-21(12-14-22)26-25(33-3)18-24(27(34-4)28(26)37-39(6,31)32)20-9-15-23(16-10-20)36-38(5,29)30/h8-16,18H,7,17H2,1-6H3. The molecule has 3 aromatic rings. The van der Waals surface area contributed by atoms with E-state index in [1.807, 2.05) is 13.8 Å². The van der Waals surface area contributed by atoms with Crippen LogP contribution in [0, 0.1) is 0 Å². The number of allylic oxidation sites excluding steroid dienone is 1. The van der Waals surface area contributed by atoms with Crippen molar-refractivity contribution in [3.63, 3.8) is 0 Å². The van der Waals surface area contributed by atoms with Crippen molar-refractivity contribution in [1.29, 1.82) is 0 Å². The number of benzene rings is 3. The van der Waals surface area contributed by atoms with Crippen molar-refractivity contribution >= 4 is 20.2 Å². The number of rotatable bonds is 12. The van der Waals surface area contributed by atoms with Gasteiger partial charge < -0.3 is 22.6 Å². The van der Waals surface area contributed by atoms with Gasteiger partial charge in [-0.1, -0.05) is 35.9 Å². The van der Waals surface area contributed by atoms with Gasteiger partial charge in [-0.3, -0.25) is 0 Å². The van der Waals surface area contributed by atoms with Crippen LogP contribution < -0.4 is 22.6 Å². The maximum Gasteiger partial charge on any atom is 0.306 e. The van der Waals surface area contributed by atoms with Crippen LogP contribution in [0.3, 0.4) is 0 Å². The molecule has 3 rings (SSSR count). The minimum atomic E-state index is -3.97. The molecule has 0 aliphatic heterocycles. The first-order valence-corrected chi connectivity index (χ1v) is 15.5. The van der Waals surface area contributed by atoms with E-state index in [1.54, 1.807) is 42.5 Å². The maximum absolute atomic E-state index is 12.3. The van der Waals surface area contributed by atoms with Gasteiger partial charge in [0.2, 0.25) is 0 Å². The predicted octanol–water partition coefficient (Wildman–Crippen LogP) is 5.45. The van der Waals surface area contributed by atoms with Gasteiger partial charge in [0.25, 0.3) is 0 Å². The molecular weight excluding hydrogens is 544 g/mol. The summed E-state index contributed by atoms with van der Waals surface area (Å²) in [4.78, 5) is 0. The zero-order valence-electron chi connectivity index (χ0n) is 22.7. The average Bonchev–Trinajstić information content (AvgIpc) is 2.85. The van der Waals surface area contributed by atoms with E-state index >= 15 is 0 Å². The molecule has 9 nitrogen and oxygen atoms in total. The Morgan fingerprint density at radius 1 is 0.744 bits per heavy atom. The van der Waals surface area contributed by atoms with Gasteiger partial charge in [-0.15, -0.1) is 0 Å². The number of hydrogen-bond acceptors (Lipinski definition) is 9. The molecule has 0 saturated heterocycles. The first-order chi connectivity index (χ1) is 18.3. The van der Waals surface area contributed by atoms with E-state index in [0.29, 0.717) is 40.4 Å². The molecule has 0 radical (unpaired) electrons. The monoisotopic (exact) mass is 576 g/mol. The van der Waals surface area contributed by atoms with Crippen LogP contribution in [0.5, 0.6) is 28.7 Å². The summed E-state index contributed by atoms with van der Waals surface area (Å²) < 4.78 is 75.0. The van der Waals surface area contributed by atoms with Gasteiger partial charge in [0, 0.05) is 5.56 Å². The van der Waals surface area contributed by atoms with Gasteiger partial charge in [-0.05, 0) is 61.7 Å². The van der Waals surface area contributed by atoms with E-state index in [9.17, 15) is 16.8 Å². The van der Waals surface area contributed by atoms with Crippen molar-refractivity contribution in [3.8, 4) is 51.0 Å². The fraction of sp³-hybridized carbons (Fsp3) is 0.286. The van der Waals surface area contributed by atoms with Crippen LogP contribution in [0.15, 0.2) is 66.2 Å². The molecule has 0 saturated carbocycles. The topological polar surface area (TPSA) is 114 Å². The summed E-state index contributed by atoms with van der Waals surface area (Å²) in [5.74, 6) is 1.21. The molecule has 0 heterocycles. The quantitative estimate of drug-likeness (QED) is 0.158. The van der Waals surface area contributed by atoms with E-state index in [4.69, 9.17) is 22.6 Å². The lowest BCUT2D eigenvalue weighted by Crippen LogP contribution is -2.09. The summed E-state index contributed by atoms with van der Waals surface area (Å²) in [6, 6.07) is 15.0. The van der Waals surface area contributed by atoms with Crippen molar-refractivity contribution in [2.24, 2.45) is 0 Å². The van der Waals surface area contributed by atoms with Gasteiger partial charge >= 0.3 is 20.2 Å². The molecule has 0 aliphatic carbocycles. The van der Waals surface area contributed by atoms with E-state index in [2.05, 4.69) is 6.08 Å². The van der Waals surface area contributed by atoms with Crippen LogP contribution in [0.2, 0.25) is 0 Å². The smallest absolute Gasteiger partial charge is 0.306 e. The normalized spacial score (nSPS) is 11.4. The van der Waals surface area contributed by atoms with Gasteiger partial charge in [0.05, 0.1) is 38.9 Å². The summed E-state index contributed by atoms with van der Waals surface area (Å²) in [6.45, 7) is 4.58. The largest absolute Gasteiger partial charge is 0.496 e. The van der Waals surface area contributed by atoms with Crippen molar-refractivity contribution in [3.05, 3.63) is 66.2 Å². The molecule has 0 amide bonds. The summed E-state index contributed by atoms with van der Waals surface area (Å²) in [5, 5.41) is 0. The summed E-state index contributed by atoms with van der Waals surface area (Å²) in [6.07, 6.45) is 4.76. The molecule has 39 heavy (non-hydrogen) atoms. The molecule has 3 aromatic carbocycles. The zero-order chi connectivity index (χ0) is 28.8. The van der Waals surface area contributed by atoms with Crippen LogP contribution in [0.25, 0.3) is 22.3 Å². The molecule has 210 valence electrons. The van der Waals surface area contributed by atoms with E-state index in [-0.39, 0.29) is 17.2 Å². The molecule has 0 fully saturated rings. The van der Waals surface area contributed by atoms with Crippen LogP contribution in [-0.4, -0.2) is 50.2 Å². The van der Waals surface area contributed by atoms with Crippen LogP contribution in [0.1, 0.15) is 20.3 Å². The SMILES string of the molecule is COc1cc(-c2ccc(OS(C)(=O)=O)cc2)c(OC)c(OS(C)(=O)=O)c1-c1ccc(OCCC=C(C)C)cc1.